The molecule has 1 aliphatic rings. The molecule has 1 aromatic heterocycles. The van der Waals surface area contributed by atoms with E-state index >= 15 is 0 Å². The largest absolute Gasteiger partial charge is 0.469 e. The standard InChI is InChI=1S/C19H24N2O4/c1-13-12-21(10-8-16(13)18(22)24-2)19(23)20-9-7-15-11-14-5-3-4-6-17(14)25-15/h3-6,11,13,16H,7-10,12H2,1-2H3,(H,20,23)/t13-,16-/m1/s1. The molecule has 0 unspecified atom stereocenters. The molecule has 1 aromatic carbocycles. The monoisotopic (exact) mass is 344 g/mol. The van der Waals surface area contributed by atoms with Gasteiger partial charge in [-0.2, -0.15) is 0 Å². The number of hydrogen-bond acceptors (Lipinski definition) is 4. The highest BCUT2D eigenvalue weighted by molar-refractivity contribution is 5.78. The molecule has 2 aromatic rings. The van der Waals surface area contributed by atoms with E-state index in [0.717, 1.165) is 16.7 Å². The maximum Gasteiger partial charge on any atom is 0.317 e. The van der Waals surface area contributed by atoms with E-state index in [1.165, 1.54) is 7.11 Å². The van der Waals surface area contributed by atoms with Gasteiger partial charge in [0, 0.05) is 31.4 Å². The molecule has 2 atom stereocenters. The van der Waals surface area contributed by atoms with Gasteiger partial charge in [0.05, 0.1) is 13.0 Å². The molecule has 1 fully saturated rings. The van der Waals surface area contributed by atoms with Gasteiger partial charge in [-0.25, -0.2) is 4.79 Å². The molecular formula is C19H24N2O4. The van der Waals surface area contributed by atoms with Crippen molar-refractivity contribution in [2.45, 2.75) is 19.8 Å². The molecule has 0 spiro atoms. The summed E-state index contributed by atoms with van der Waals surface area (Å²) < 4.78 is 10.6. The number of likely N-dealkylation sites (tertiary alicyclic amines) is 1. The summed E-state index contributed by atoms with van der Waals surface area (Å²) in [6.45, 7) is 3.64. The van der Waals surface area contributed by atoms with E-state index in [1.54, 1.807) is 4.90 Å². The molecule has 6 heteroatoms. The maximum atomic E-state index is 12.3. The van der Waals surface area contributed by atoms with Crippen LogP contribution in [0.1, 0.15) is 19.1 Å². The molecule has 0 saturated carbocycles. The zero-order valence-electron chi connectivity index (χ0n) is 14.7. The van der Waals surface area contributed by atoms with E-state index in [4.69, 9.17) is 9.15 Å². The lowest BCUT2D eigenvalue weighted by atomic mass is 9.87. The summed E-state index contributed by atoms with van der Waals surface area (Å²) in [5, 5.41) is 4.01. The number of methoxy groups -OCH3 is 1. The third-order valence-corrected chi connectivity index (χ3v) is 4.82. The molecule has 2 amide bonds. The van der Waals surface area contributed by atoms with Gasteiger partial charge in [-0.1, -0.05) is 25.1 Å². The summed E-state index contributed by atoms with van der Waals surface area (Å²) in [5.41, 5.74) is 0.863. The van der Waals surface area contributed by atoms with Crippen LogP contribution in [0.2, 0.25) is 0 Å². The van der Waals surface area contributed by atoms with Gasteiger partial charge in [-0.15, -0.1) is 0 Å². The molecule has 3 rings (SSSR count). The first-order chi connectivity index (χ1) is 12.1. The van der Waals surface area contributed by atoms with Gasteiger partial charge >= 0.3 is 12.0 Å². The lowest BCUT2D eigenvalue weighted by Gasteiger charge is -2.35. The number of piperidine rings is 1. The number of furan rings is 1. The molecule has 2 heterocycles. The number of benzene rings is 1. The number of esters is 1. The maximum absolute atomic E-state index is 12.3. The SMILES string of the molecule is COC(=O)[C@@H]1CCN(C(=O)NCCc2cc3ccccc3o2)C[C@H]1C. The number of urea groups is 1. The van der Waals surface area contributed by atoms with Crippen LogP contribution in [0, 0.1) is 11.8 Å². The highest BCUT2D eigenvalue weighted by atomic mass is 16.5. The molecule has 25 heavy (non-hydrogen) atoms. The first-order valence-electron chi connectivity index (χ1n) is 8.66. The number of rotatable bonds is 4. The summed E-state index contributed by atoms with van der Waals surface area (Å²) in [6.07, 6.45) is 1.29. The second-order valence-corrected chi connectivity index (χ2v) is 6.57. The molecule has 1 saturated heterocycles. The fourth-order valence-electron chi connectivity index (χ4n) is 3.40. The second kappa shape index (κ2) is 7.59. The number of ether oxygens (including phenoxy) is 1. The van der Waals surface area contributed by atoms with Gasteiger partial charge in [0.25, 0.3) is 0 Å². The van der Waals surface area contributed by atoms with Crippen LogP contribution in [0.4, 0.5) is 4.79 Å². The zero-order valence-corrected chi connectivity index (χ0v) is 14.7. The predicted octanol–water partition coefficient (Wildman–Crippen LogP) is 2.82. The van der Waals surface area contributed by atoms with E-state index < -0.39 is 0 Å². The van der Waals surface area contributed by atoms with Gasteiger partial charge < -0.3 is 19.4 Å². The van der Waals surface area contributed by atoms with E-state index in [1.807, 2.05) is 37.3 Å². The van der Waals surface area contributed by atoms with Crippen molar-refractivity contribution in [3.8, 4) is 0 Å². The van der Waals surface area contributed by atoms with Crippen LogP contribution in [0.3, 0.4) is 0 Å². The Morgan fingerprint density at radius 1 is 1.36 bits per heavy atom. The fraction of sp³-hybridized carbons (Fsp3) is 0.474. The number of nitrogens with one attached hydrogen (secondary N) is 1. The van der Waals surface area contributed by atoms with Crippen LogP contribution in [0.15, 0.2) is 34.7 Å². The zero-order chi connectivity index (χ0) is 17.8. The average Bonchev–Trinajstić information content (AvgIpc) is 3.03. The van der Waals surface area contributed by atoms with Crippen molar-refractivity contribution in [1.29, 1.82) is 0 Å². The third kappa shape index (κ3) is 3.95. The summed E-state index contributed by atoms with van der Waals surface area (Å²) in [4.78, 5) is 25.8. The van der Waals surface area contributed by atoms with E-state index in [0.29, 0.717) is 32.5 Å². The van der Waals surface area contributed by atoms with Crippen LogP contribution < -0.4 is 5.32 Å². The Morgan fingerprint density at radius 3 is 2.88 bits per heavy atom. The second-order valence-electron chi connectivity index (χ2n) is 6.57. The van der Waals surface area contributed by atoms with Crippen LogP contribution in [-0.2, 0) is 16.0 Å². The highest BCUT2D eigenvalue weighted by Crippen LogP contribution is 2.24. The Hall–Kier alpha value is -2.50. The smallest absolute Gasteiger partial charge is 0.317 e. The highest BCUT2D eigenvalue weighted by Gasteiger charge is 2.33. The molecule has 1 N–H and O–H groups in total. The number of carbonyl (C=O) groups excluding carboxylic acids is 2. The van der Waals surface area contributed by atoms with Crippen LogP contribution in [-0.4, -0.2) is 43.6 Å². The Labute approximate surface area is 147 Å². The van der Waals surface area contributed by atoms with E-state index in [-0.39, 0.29) is 23.8 Å². The van der Waals surface area contributed by atoms with Gasteiger partial charge in [-0.05, 0) is 24.5 Å². The third-order valence-electron chi connectivity index (χ3n) is 4.82. The lowest BCUT2D eigenvalue weighted by molar-refractivity contribution is -0.148. The van der Waals surface area contributed by atoms with Crippen molar-refractivity contribution >= 4 is 23.0 Å². The van der Waals surface area contributed by atoms with Crippen molar-refractivity contribution < 1.29 is 18.7 Å². The van der Waals surface area contributed by atoms with Crippen LogP contribution in [0.5, 0.6) is 0 Å². The molecule has 0 radical (unpaired) electrons. The summed E-state index contributed by atoms with van der Waals surface area (Å²) >= 11 is 0. The molecule has 1 aliphatic heterocycles. The topological polar surface area (TPSA) is 71.8 Å². The van der Waals surface area contributed by atoms with Crippen LogP contribution >= 0.6 is 0 Å². The quantitative estimate of drug-likeness (QED) is 0.866. The minimum absolute atomic E-state index is 0.0914. The van der Waals surface area contributed by atoms with Crippen LogP contribution in [0.25, 0.3) is 11.0 Å². The van der Waals surface area contributed by atoms with Crippen molar-refractivity contribution in [2.75, 3.05) is 26.7 Å². The molecular weight excluding hydrogens is 320 g/mol. The van der Waals surface area contributed by atoms with Gasteiger partial charge in [-0.3, -0.25) is 4.79 Å². The Kier molecular flexibility index (Phi) is 5.26. The summed E-state index contributed by atoms with van der Waals surface area (Å²) in [7, 11) is 1.41. The van der Waals surface area contributed by atoms with Crippen molar-refractivity contribution in [2.24, 2.45) is 11.8 Å². The first kappa shape index (κ1) is 17.3. The summed E-state index contributed by atoms with van der Waals surface area (Å²) in [5.74, 6) is 0.656. The minimum Gasteiger partial charge on any atom is -0.469 e. The van der Waals surface area contributed by atoms with Gasteiger partial charge in [0.2, 0.25) is 0 Å². The fourth-order valence-corrected chi connectivity index (χ4v) is 3.40. The normalized spacial score (nSPS) is 20.5. The Morgan fingerprint density at radius 2 is 2.16 bits per heavy atom. The number of carbonyl (C=O) groups is 2. The lowest BCUT2D eigenvalue weighted by Crippen LogP contribution is -2.49. The Balaban J connectivity index is 1.47. The first-order valence-corrected chi connectivity index (χ1v) is 8.66. The molecule has 0 bridgehead atoms. The molecule has 6 nitrogen and oxygen atoms in total. The van der Waals surface area contributed by atoms with E-state index in [9.17, 15) is 9.59 Å². The molecule has 0 aliphatic carbocycles. The number of amides is 2. The number of para-hydroxylation sites is 1. The number of hydrogen-bond donors (Lipinski definition) is 1. The number of nitrogens with zero attached hydrogens (tertiary/aromatic N) is 1. The minimum atomic E-state index is -0.183. The Bertz CT molecular complexity index is 722. The van der Waals surface area contributed by atoms with Crippen molar-refractivity contribution in [3.63, 3.8) is 0 Å². The summed E-state index contributed by atoms with van der Waals surface area (Å²) in [6, 6.07) is 9.77. The predicted molar refractivity (Wildman–Crippen MR) is 94.2 cm³/mol. The number of fused-ring (bicyclic) bond motifs is 1. The van der Waals surface area contributed by atoms with E-state index in [2.05, 4.69) is 5.32 Å². The van der Waals surface area contributed by atoms with Gasteiger partial charge in [0.1, 0.15) is 11.3 Å². The molecule has 134 valence electrons. The van der Waals surface area contributed by atoms with Crippen molar-refractivity contribution in [1.82, 2.24) is 10.2 Å². The van der Waals surface area contributed by atoms with Gasteiger partial charge in [0.15, 0.2) is 0 Å². The average molecular weight is 344 g/mol. The van der Waals surface area contributed by atoms with Crippen molar-refractivity contribution in [3.05, 3.63) is 36.1 Å².